The Labute approximate surface area is 139 Å². The van der Waals surface area contributed by atoms with Crippen molar-refractivity contribution in [2.24, 2.45) is 0 Å². The summed E-state index contributed by atoms with van der Waals surface area (Å²) >= 11 is 0. The summed E-state index contributed by atoms with van der Waals surface area (Å²) in [5.74, 6) is -0.533. The Hall–Kier alpha value is -3.08. The first-order chi connectivity index (χ1) is 11.5. The van der Waals surface area contributed by atoms with Crippen molar-refractivity contribution in [2.45, 2.75) is 13.3 Å². The highest BCUT2D eigenvalue weighted by molar-refractivity contribution is 6.04. The van der Waals surface area contributed by atoms with E-state index < -0.39 is 5.97 Å². The highest BCUT2D eigenvalue weighted by atomic mass is 16.5. The molecular weight excluding hydrogens is 306 g/mol. The fraction of sp³-hybridized carbons (Fsp3) is 0.158. The molecular formula is C19H17NO4. The first-order valence-corrected chi connectivity index (χ1v) is 7.52. The average molecular weight is 323 g/mol. The molecule has 0 aliphatic rings. The van der Waals surface area contributed by atoms with Crippen molar-refractivity contribution in [3.8, 4) is 5.75 Å². The third-order valence-corrected chi connectivity index (χ3v) is 4.09. The van der Waals surface area contributed by atoms with Crippen molar-refractivity contribution >= 4 is 22.8 Å². The SMILES string of the molecule is COc1cccc(C(=O)n2c(C)c(CC(=O)O)c3ccccc32)c1. The number of aromatic nitrogens is 1. The molecule has 0 bridgehead atoms. The quantitative estimate of drug-likeness (QED) is 0.800. The number of fused-ring (bicyclic) bond motifs is 1. The summed E-state index contributed by atoms with van der Waals surface area (Å²) in [5, 5.41) is 9.96. The minimum absolute atomic E-state index is 0.120. The van der Waals surface area contributed by atoms with E-state index in [1.165, 1.54) is 0 Å². The van der Waals surface area contributed by atoms with Gasteiger partial charge in [-0.05, 0) is 36.8 Å². The molecule has 0 saturated carbocycles. The molecule has 5 nitrogen and oxygen atoms in total. The van der Waals surface area contributed by atoms with E-state index in [1.54, 1.807) is 42.9 Å². The number of aliphatic carboxylic acids is 1. The zero-order valence-corrected chi connectivity index (χ0v) is 13.4. The average Bonchev–Trinajstić information content (AvgIpc) is 2.86. The van der Waals surface area contributed by atoms with Crippen molar-refractivity contribution in [3.63, 3.8) is 0 Å². The van der Waals surface area contributed by atoms with Crippen molar-refractivity contribution in [1.29, 1.82) is 0 Å². The number of hydrogen-bond acceptors (Lipinski definition) is 3. The molecule has 0 aliphatic heterocycles. The summed E-state index contributed by atoms with van der Waals surface area (Å²) in [6, 6.07) is 14.3. The molecule has 0 atom stereocenters. The second-order valence-electron chi connectivity index (χ2n) is 5.52. The van der Waals surface area contributed by atoms with E-state index in [1.807, 2.05) is 24.3 Å². The van der Waals surface area contributed by atoms with E-state index >= 15 is 0 Å². The lowest BCUT2D eigenvalue weighted by atomic mass is 10.1. The summed E-state index contributed by atoms with van der Waals surface area (Å²) in [4.78, 5) is 24.2. The minimum atomic E-state index is -0.921. The van der Waals surface area contributed by atoms with Crippen LogP contribution in [-0.2, 0) is 11.2 Å². The number of rotatable bonds is 4. The Balaban J connectivity index is 2.20. The normalized spacial score (nSPS) is 10.8. The topological polar surface area (TPSA) is 68.5 Å². The maximum atomic E-state index is 13.0. The van der Waals surface area contributed by atoms with Crippen molar-refractivity contribution in [2.75, 3.05) is 7.11 Å². The molecule has 3 rings (SSSR count). The second-order valence-corrected chi connectivity index (χ2v) is 5.52. The number of ether oxygens (including phenoxy) is 1. The van der Waals surface area contributed by atoms with Crippen molar-refractivity contribution in [1.82, 2.24) is 4.57 Å². The van der Waals surface area contributed by atoms with Crippen LogP contribution in [0, 0.1) is 6.92 Å². The van der Waals surface area contributed by atoms with E-state index in [4.69, 9.17) is 4.74 Å². The van der Waals surface area contributed by atoms with E-state index in [-0.39, 0.29) is 12.3 Å². The van der Waals surface area contributed by atoms with Gasteiger partial charge in [-0.1, -0.05) is 24.3 Å². The minimum Gasteiger partial charge on any atom is -0.497 e. The van der Waals surface area contributed by atoms with Gasteiger partial charge in [-0.2, -0.15) is 0 Å². The summed E-state index contributed by atoms with van der Waals surface area (Å²) in [6.07, 6.45) is -0.120. The molecule has 2 aromatic carbocycles. The Morgan fingerprint density at radius 2 is 1.88 bits per heavy atom. The Morgan fingerprint density at radius 1 is 1.12 bits per heavy atom. The maximum Gasteiger partial charge on any atom is 0.307 e. The molecule has 3 aromatic rings. The van der Waals surface area contributed by atoms with E-state index in [2.05, 4.69) is 0 Å². The number of carboxylic acids is 1. The Bertz CT molecular complexity index is 940. The lowest BCUT2D eigenvalue weighted by Gasteiger charge is -2.08. The van der Waals surface area contributed by atoms with Crippen LogP contribution < -0.4 is 4.74 Å². The van der Waals surface area contributed by atoms with Crippen LogP contribution >= 0.6 is 0 Å². The van der Waals surface area contributed by atoms with Gasteiger partial charge in [0, 0.05) is 16.6 Å². The van der Waals surface area contributed by atoms with Gasteiger partial charge in [-0.25, -0.2) is 0 Å². The van der Waals surface area contributed by atoms with Gasteiger partial charge in [0.05, 0.1) is 19.0 Å². The number of methoxy groups -OCH3 is 1. The second kappa shape index (κ2) is 6.20. The molecule has 0 spiro atoms. The third kappa shape index (κ3) is 2.65. The molecule has 5 heteroatoms. The zero-order chi connectivity index (χ0) is 17.3. The zero-order valence-electron chi connectivity index (χ0n) is 13.4. The van der Waals surface area contributed by atoms with Crippen LogP contribution in [0.4, 0.5) is 0 Å². The summed E-state index contributed by atoms with van der Waals surface area (Å²) < 4.78 is 6.75. The monoisotopic (exact) mass is 323 g/mol. The highest BCUT2D eigenvalue weighted by Gasteiger charge is 2.21. The van der Waals surface area contributed by atoms with Gasteiger partial charge in [0.2, 0.25) is 0 Å². The van der Waals surface area contributed by atoms with Crippen LogP contribution in [0.15, 0.2) is 48.5 Å². The predicted octanol–water partition coefficient (Wildman–Crippen LogP) is 3.27. The van der Waals surface area contributed by atoms with Crippen LogP contribution in [0.5, 0.6) is 5.75 Å². The van der Waals surface area contributed by atoms with Crippen LogP contribution in [0.2, 0.25) is 0 Å². The van der Waals surface area contributed by atoms with Crippen LogP contribution in [0.25, 0.3) is 10.9 Å². The Morgan fingerprint density at radius 3 is 2.58 bits per heavy atom. The first kappa shape index (κ1) is 15.8. The molecule has 0 unspecified atom stereocenters. The van der Waals surface area contributed by atoms with Crippen molar-refractivity contribution < 1.29 is 19.4 Å². The summed E-state index contributed by atoms with van der Waals surface area (Å²) in [5.41, 5.74) is 2.50. The fourth-order valence-corrected chi connectivity index (χ4v) is 2.96. The third-order valence-electron chi connectivity index (χ3n) is 4.09. The number of carbonyl (C=O) groups is 2. The highest BCUT2D eigenvalue weighted by Crippen LogP contribution is 2.27. The molecule has 122 valence electrons. The van der Waals surface area contributed by atoms with Crippen LogP contribution in [0.3, 0.4) is 0 Å². The van der Waals surface area contributed by atoms with Crippen LogP contribution in [0.1, 0.15) is 21.6 Å². The number of hydrogen-bond donors (Lipinski definition) is 1. The standard InChI is InChI=1S/C19H17NO4/c1-12-16(11-18(21)22)15-8-3-4-9-17(15)20(12)19(23)13-6-5-7-14(10-13)24-2/h3-10H,11H2,1-2H3,(H,21,22). The summed E-state index contributed by atoms with van der Waals surface area (Å²) in [6.45, 7) is 1.77. The number of benzene rings is 2. The molecule has 0 fully saturated rings. The molecule has 0 amide bonds. The van der Waals surface area contributed by atoms with Gasteiger partial charge in [-0.15, -0.1) is 0 Å². The smallest absolute Gasteiger partial charge is 0.307 e. The van der Waals surface area contributed by atoms with Gasteiger partial charge >= 0.3 is 5.97 Å². The predicted molar refractivity (Wildman–Crippen MR) is 90.7 cm³/mol. The number of carbonyl (C=O) groups excluding carboxylic acids is 1. The van der Waals surface area contributed by atoms with Crippen molar-refractivity contribution in [3.05, 3.63) is 65.4 Å². The van der Waals surface area contributed by atoms with Gasteiger partial charge < -0.3 is 9.84 Å². The lowest BCUT2D eigenvalue weighted by molar-refractivity contribution is -0.136. The maximum absolute atomic E-state index is 13.0. The van der Waals surface area contributed by atoms with Gasteiger partial charge in [-0.3, -0.25) is 14.2 Å². The van der Waals surface area contributed by atoms with Gasteiger partial charge in [0.1, 0.15) is 5.75 Å². The first-order valence-electron chi connectivity index (χ1n) is 7.52. The largest absolute Gasteiger partial charge is 0.497 e. The number of carboxylic acid groups (broad SMARTS) is 1. The lowest BCUT2D eigenvalue weighted by Crippen LogP contribution is -2.14. The van der Waals surface area contributed by atoms with E-state index in [0.717, 1.165) is 5.39 Å². The van der Waals surface area contributed by atoms with E-state index in [0.29, 0.717) is 28.1 Å². The fourth-order valence-electron chi connectivity index (χ4n) is 2.96. The molecule has 1 N–H and O–H groups in total. The Kier molecular flexibility index (Phi) is 4.08. The van der Waals surface area contributed by atoms with Gasteiger partial charge in [0.15, 0.2) is 0 Å². The molecule has 1 aromatic heterocycles. The van der Waals surface area contributed by atoms with Crippen LogP contribution in [-0.4, -0.2) is 28.7 Å². The number of para-hydroxylation sites is 1. The number of nitrogens with zero attached hydrogens (tertiary/aromatic N) is 1. The molecule has 24 heavy (non-hydrogen) atoms. The summed E-state index contributed by atoms with van der Waals surface area (Å²) in [7, 11) is 1.55. The molecule has 0 aliphatic carbocycles. The van der Waals surface area contributed by atoms with Gasteiger partial charge in [0.25, 0.3) is 5.91 Å². The molecule has 0 radical (unpaired) electrons. The van der Waals surface area contributed by atoms with E-state index in [9.17, 15) is 14.7 Å². The molecule has 1 heterocycles. The molecule has 0 saturated heterocycles.